The Labute approximate surface area is 300 Å². The summed E-state index contributed by atoms with van der Waals surface area (Å²) in [7, 11) is 10.0. The predicted molar refractivity (Wildman–Crippen MR) is 211 cm³/mol. The standard InChI is InChI=1S/C27H28F3N5S.C4H7N.C3H9N.C3H8.CH3N/c1-15(31-10-11-35(3)4)17-5-7-18(8-6-17)25-20-14-36-12-9-19(20)24-23-16(2)33-34-22(23)13-21(26(24)32-25)27(28,29)30;1-3-4(2)5;1-4(2)3;1-3-2;1-2/h5-8,13,31H,1,9-12,14H2,2-4H3,(H,33,34);3H,1-2,5H2;1-3H3;3H2,1-2H3;2H,1H2. The van der Waals surface area contributed by atoms with Gasteiger partial charge in [-0.05, 0) is 89.9 Å². The van der Waals surface area contributed by atoms with Crippen LogP contribution in [-0.4, -0.2) is 85.8 Å². The highest BCUT2D eigenvalue weighted by Gasteiger charge is 2.36. The molecule has 0 unspecified atom stereocenters. The number of allylic oxidation sites excluding steroid dienone is 1. The number of likely N-dealkylation sites (N-methyl/N-ethyl adjacent to an activating group) is 1. The Hall–Kier alpha value is -4.13. The second-order valence-corrected chi connectivity index (χ2v) is 13.3. The van der Waals surface area contributed by atoms with E-state index in [4.69, 9.17) is 16.1 Å². The quantitative estimate of drug-likeness (QED) is 0.112. The Morgan fingerprint density at radius 2 is 1.62 bits per heavy atom. The zero-order valence-electron chi connectivity index (χ0n) is 30.9. The lowest BCUT2D eigenvalue weighted by molar-refractivity contribution is -0.136. The first-order chi connectivity index (χ1) is 23.6. The molecule has 0 fully saturated rings. The Morgan fingerprint density at radius 1 is 1.06 bits per heavy atom. The third-order valence-corrected chi connectivity index (χ3v) is 7.87. The van der Waals surface area contributed by atoms with Crippen LogP contribution in [0.4, 0.5) is 13.2 Å². The van der Waals surface area contributed by atoms with Crippen molar-refractivity contribution < 1.29 is 13.2 Å². The number of nitrogens with zero attached hydrogens (tertiary/aromatic N) is 4. The molecule has 5 N–H and O–H groups in total. The molecule has 3 heterocycles. The molecule has 0 aliphatic carbocycles. The molecule has 4 aromatic rings. The highest BCUT2D eigenvalue weighted by molar-refractivity contribution is 7.98. The van der Waals surface area contributed by atoms with Gasteiger partial charge in [-0.15, -0.1) is 0 Å². The molecule has 5 rings (SSSR count). The number of thioether (sulfide) groups is 1. The number of aryl methyl sites for hydroxylation is 2. The van der Waals surface area contributed by atoms with E-state index in [0.717, 1.165) is 63.9 Å². The summed E-state index contributed by atoms with van der Waals surface area (Å²) in [5.41, 5.74) is 11.0. The number of hydrogen-bond donors (Lipinski definition) is 4. The second kappa shape index (κ2) is 21.2. The van der Waals surface area contributed by atoms with E-state index in [0.29, 0.717) is 34.5 Å². The Kier molecular flexibility index (Phi) is 18.6. The van der Waals surface area contributed by atoms with E-state index in [2.05, 4.69) is 60.7 Å². The number of aromatic amines is 1. The fourth-order valence-corrected chi connectivity index (χ4v) is 5.81. The van der Waals surface area contributed by atoms with Crippen LogP contribution in [0.15, 0.2) is 61.8 Å². The van der Waals surface area contributed by atoms with Gasteiger partial charge < -0.3 is 26.3 Å². The summed E-state index contributed by atoms with van der Waals surface area (Å²) < 4.78 is 42.6. The molecule has 8 nitrogen and oxygen atoms in total. The highest BCUT2D eigenvalue weighted by Crippen LogP contribution is 2.44. The number of H-pyrrole nitrogens is 1. The number of nitrogens with one attached hydrogen (secondary N) is 3. The first-order valence-corrected chi connectivity index (χ1v) is 17.4. The van der Waals surface area contributed by atoms with Gasteiger partial charge in [-0.1, -0.05) is 64.3 Å². The van der Waals surface area contributed by atoms with Crippen molar-refractivity contribution in [1.82, 2.24) is 30.3 Å². The van der Waals surface area contributed by atoms with Crippen LogP contribution in [0.3, 0.4) is 0 Å². The number of rotatable bonds is 7. The first kappa shape index (κ1) is 43.9. The van der Waals surface area contributed by atoms with Crippen molar-refractivity contribution in [3.8, 4) is 11.3 Å². The molecule has 0 radical (unpaired) electrons. The maximum atomic E-state index is 14.2. The van der Waals surface area contributed by atoms with E-state index >= 15 is 0 Å². The molecule has 274 valence electrons. The number of alkyl halides is 3. The maximum absolute atomic E-state index is 14.2. The predicted octanol–water partition coefficient (Wildman–Crippen LogP) is 8.52. The third-order valence-electron chi connectivity index (χ3n) is 6.89. The number of halogens is 3. The van der Waals surface area contributed by atoms with Crippen LogP contribution in [0.1, 0.15) is 48.2 Å². The van der Waals surface area contributed by atoms with Gasteiger partial charge in [-0.25, -0.2) is 4.98 Å². The third kappa shape index (κ3) is 12.6. The highest BCUT2D eigenvalue weighted by atomic mass is 32.2. The van der Waals surface area contributed by atoms with Crippen LogP contribution in [0, 0.1) is 12.3 Å². The largest absolute Gasteiger partial charge is 0.418 e. The van der Waals surface area contributed by atoms with Crippen LogP contribution in [0.25, 0.3) is 38.8 Å². The number of benzene rings is 2. The number of nitrogens with two attached hydrogens (primary N) is 1. The van der Waals surface area contributed by atoms with E-state index in [1.165, 1.54) is 12.5 Å². The average molecular weight is 713 g/mol. The number of fused-ring (bicyclic) bond motifs is 5. The normalized spacial score (nSPS) is 11.9. The summed E-state index contributed by atoms with van der Waals surface area (Å²) in [5.74, 6) is 1.57. The molecule has 0 saturated carbocycles. The molecular weight excluding hydrogens is 658 g/mol. The second-order valence-electron chi connectivity index (χ2n) is 12.2. The van der Waals surface area contributed by atoms with Crippen molar-refractivity contribution in [3.63, 3.8) is 0 Å². The van der Waals surface area contributed by atoms with Crippen molar-refractivity contribution in [1.29, 1.82) is 5.41 Å². The van der Waals surface area contributed by atoms with Gasteiger partial charge >= 0.3 is 6.18 Å². The fourth-order valence-electron chi connectivity index (χ4n) is 4.81. The van der Waals surface area contributed by atoms with E-state index in [-0.39, 0.29) is 5.52 Å². The molecule has 0 saturated heterocycles. The van der Waals surface area contributed by atoms with Gasteiger partial charge in [-0.3, -0.25) is 5.10 Å². The lowest BCUT2D eigenvalue weighted by Gasteiger charge is -2.23. The van der Waals surface area contributed by atoms with Gasteiger partial charge in [0, 0.05) is 52.3 Å². The summed E-state index contributed by atoms with van der Waals surface area (Å²) in [6.07, 6.45) is -1.10. The summed E-state index contributed by atoms with van der Waals surface area (Å²) in [6.45, 7) is 21.0. The molecule has 1 aliphatic rings. The Morgan fingerprint density at radius 3 is 2.12 bits per heavy atom. The van der Waals surface area contributed by atoms with E-state index < -0.39 is 11.7 Å². The van der Waals surface area contributed by atoms with E-state index in [9.17, 15) is 13.2 Å². The van der Waals surface area contributed by atoms with Crippen molar-refractivity contribution in [2.45, 2.75) is 45.5 Å². The lowest BCUT2D eigenvalue weighted by atomic mass is 9.91. The molecule has 2 aromatic carbocycles. The van der Waals surface area contributed by atoms with Crippen LogP contribution in [-0.2, 0) is 18.3 Å². The van der Waals surface area contributed by atoms with Crippen molar-refractivity contribution in [2.24, 2.45) is 5.73 Å². The summed E-state index contributed by atoms with van der Waals surface area (Å²) in [6, 6.07) is 8.87. The van der Waals surface area contributed by atoms with Crippen LogP contribution in [0.5, 0.6) is 0 Å². The molecule has 0 amide bonds. The molecule has 1 aliphatic heterocycles. The van der Waals surface area contributed by atoms with Crippen molar-refractivity contribution in [2.75, 3.05) is 54.1 Å². The zero-order chi connectivity index (χ0) is 38.2. The molecule has 0 spiro atoms. The molecule has 0 bridgehead atoms. The van der Waals surface area contributed by atoms with Crippen LogP contribution in [0.2, 0.25) is 0 Å². The molecule has 2 aromatic heterocycles. The summed E-state index contributed by atoms with van der Waals surface area (Å²) >= 11 is 1.78. The lowest BCUT2D eigenvalue weighted by Crippen LogP contribution is -2.25. The van der Waals surface area contributed by atoms with E-state index in [1.54, 1.807) is 11.8 Å². The molecule has 50 heavy (non-hydrogen) atoms. The summed E-state index contributed by atoms with van der Waals surface area (Å²) in [4.78, 5) is 8.81. The van der Waals surface area contributed by atoms with Crippen LogP contribution >= 0.6 is 11.8 Å². The minimum absolute atomic E-state index is 0.000937. The zero-order valence-corrected chi connectivity index (χ0v) is 31.8. The SMILES string of the molecule is C=C(NCCN(C)C)c1ccc(-c2nc3c(C(F)(F)F)cc4n[nH]c(C)c4c3c3c2CSCC3)cc1.C=CC(=C)N.C=N.CCC.CN(C)C. The van der Waals surface area contributed by atoms with Crippen molar-refractivity contribution in [3.05, 3.63) is 89.8 Å². The fraction of sp³-hybridized carbons (Fsp3) is 0.395. The van der Waals surface area contributed by atoms with Gasteiger partial charge in [0.15, 0.2) is 0 Å². The van der Waals surface area contributed by atoms with Gasteiger partial charge in [0.2, 0.25) is 0 Å². The van der Waals surface area contributed by atoms with Crippen molar-refractivity contribution >= 4 is 46.0 Å². The van der Waals surface area contributed by atoms with Gasteiger partial charge in [0.1, 0.15) is 0 Å². The maximum Gasteiger partial charge on any atom is 0.418 e. The smallest absolute Gasteiger partial charge is 0.399 e. The Bertz CT molecular complexity index is 1690. The minimum atomic E-state index is -4.54. The first-order valence-electron chi connectivity index (χ1n) is 16.3. The number of hydrogen-bond acceptors (Lipinski definition) is 8. The van der Waals surface area contributed by atoms with Gasteiger partial charge in [0.25, 0.3) is 0 Å². The average Bonchev–Trinajstić information content (AvgIpc) is 3.44. The molecule has 0 atom stereocenters. The van der Waals surface area contributed by atoms with E-state index in [1.807, 2.05) is 71.3 Å². The summed E-state index contributed by atoms with van der Waals surface area (Å²) in [5, 5.41) is 17.2. The minimum Gasteiger partial charge on any atom is -0.399 e. The van der Waals surface area contributed by atoms with Gasteiger partial charge in [0.05, 0.1) is 22.3 Å². The Balaban J connectivity index is 0.000000769. The topological polar surface area (TPSA) is 110 Å². The van der Waals surface area contributed by atoms with Gasteiger partial charge in [-0.2, -0.15) is 30.0 Å². The van der Waals surface area contributed by atoms with Crippen LogP contribution < -0.4 is 11.1 Å². The monoisotopic (exact) mass is 712 g/mol. The molecular formula is C38H55F3N8S. The molecule has 12 heteroatoms. The number of pyridine rings is 1. The number of aromatic nitrogens is 3.